The molecule has 108 valence electrons. The molecule has 0 bridgehead atoms. The molecule has 4 nitrogen and oxygen atoms in total. The molecule has 1 atom stereocenters. The number of nitrogens with two attached hydrogens (primary N) is 1. The van der Waals surface area contributed by atoms with E-state index < -0.39 is 5.60 Å². The first-order chi connectivity index (χ1) is 9.00. The van der Waals surface area contributed by atoms with Crippen molar-refractivity contribution in [1.82, 2.24) is 0 Å². The predicted octanol–water partition coefficient (Wildman–Crippen LogP) is 2.01. The second-order valence-electron chi connectivity index (χ2n) is 5.13. The van der Waals surface area contributed by atoms with Gasteiger partial charge >= 0.3 is 0 Å². The van der Waals surface area contributed by atoms with Gasteiger partial charge in [-0.25, -0.2) is 0 Å². The van der Waals surface area contributed by atoms with Crippen molar-refractivity contribution in [2.75, 3.05) is 32.1 Å². The van der Waals surface area contributed by atoms with E-state index in [1.165, 1.54) is 0 Å². The average molecular weight is 266 g/mol. The topological polar surface area (TPSA) is 58.7 Å². The van der Waals surface area contributed by atoms with Gasteiger partial charge in [0.1, 0.15) is 5.75 Å². The SMILES string of the molecule is CCC(O)(CN)CCCOc1cccc(N(C)C)c1. The van der Waals surface area contributed by atoms with Crippen LogP contribution in [0.1, 0.15) is 26.2 Å². The summed E-state index contributed by atoms with van der Waals surface area (Å²) in [5.74, 6) is 0.860. The van der Waals surface area contributed by atoms with Crippen molar-refractivity contribution in [3.63, 3.8) is 0 Å². The Morgan fingerprint density at radius 2 is 2.11 bits per heavy atom. The minimum absolute atomic E-state index is 0.305. The molecular formula is C15H26N2O2. The highest BCUT2D eigenvalue weighted by Gasteiger charge is 2.21. The van der Waals surface area contributed by atoms with E-state index in [9.17, 15) is 5.11 Å². The van der Waals surface area contributed by atoms with Crippen LogP contribution >= 0.6 is 0 Å². The Bertz CT molecular complexity index is 376. The first-order valence-electron chi connectivity index (χ1n) is 6.83. The minimum atomic E-state index is -0.741. The molecule has 4 heteroatoms. The molecule has 1 rings (SSSR count). The van der Waals surface area contributed by atoms with Gasteiger partial charge in [-0.2, -0.15) is 0 Å². The van der Waals surface area contributed by atoms with E-state index in [1.54, 1.807) is 0 Å². The second kappa shape index (κ2) is 7.36. The highest BCUT2D eigenvalue weighted by Crippen LogP contribution is 2.20. The van der Waals surface area contributed by atoms with Gasteiger partial charge in [0.05, 0.1) is 12.2 Å². The van der Waals surface area contributed by atoms with Crippen LogP contribution in [0.2, 0.25) is 0 Å². The third-order valence-electron chi connectivity index (χ3n) is 3.43. The Morgan fingerprint density at radius 1 is 1.37 bits per heavy atom. The molecule has 0 heterocycles. The van der Waals surface area contributed by atoms with E-state index in [2.05, 4.69) is 0 Å². The maximum atomic E-state index is 10.1. The van der Waals surface area contributed by atoms with Crippen LogP contribution in [0.3, 0.4) is 0 Å². The van der Waals surface area contributed by atoms with Crippen LogP contribution in [-0.2, 0) is 0 Å². The van der Waals surface area contributed by atoms with Crippen LogP contribution in [0.4, 0.5) is 5.69 Å². The van der Waals surface area contributed by atoms with Gasteiger partial charge in [-0.15, -0.1) is 0 Å². The minimum Gasteiger partial charge on any atom is -0.494 e. The fourth-order valence-electron chi connectivity index (χ4n) is 1.87. The van der Waals surface area contributed by atoms with Gasteiger partial charge in [-0.3, -0.25) is 0 Å². The van der Waals surface area contributed by atoms with Crippen molar-refractivity contribution in [2.45, 2.75) is 31.8 Å². The van der Waals surface area contributed by atoms with Crippen LogP contribution in [0.15, 0.2) is 24.3 Å². The van der Waals surface area contributed by atoms with E-state index >= 15 is 0 Å². The second-order valence-corrected chi connectivity index (χ2v) is 5.13. The van der Waals surface area contributed by atoms with Crippen LogP contribution in [0, 0.1) is 0 Å². The first kappa shape index (κ1) is 15.8. The van der Waals surface area contributed by atoms with Crippen LogP contribution in [0.25, 0.3) is 0 Å². The normalized spacial score (nSPS) is 13.9. The maximum Gasteiger partial charge on any atom is 0.121 e. The lowest BCUT2D eigenvalue weighted by Crippen LogP contribution is -2.37. The van der Waals surface area contributed by atoms with Crippen LogP contribution in [-0.4, -0.2) is 38.0 Å². The lowest BCUT2D eigenvalue weighted by Gasteiger charge is -2.24. The van der Waals surface area contributed by atoms with Crippen molar-refractivity contribution in [3.8, 4) is 5.75 Å². The third-order valence-corrected chi connectivity index (χ3v) is 3.43. The predicted molar refractivity (Wildman–Crippen MR) is 79.8 cm³/mol. The summed E-state index contributed by atoms with van der Waals surface area (Å²) in [5, 5.41) is 10.1. The molecule has 1 aromatic rings. The molecule has 19 heavy (non-hydrogen) atoms. The fraction of sp³-hybridized carbons (Fsp3) is 0.600. The molecule has 0 fully saturated rings. The highest BCUT2D eigenvalue weighted by atomic mass is 16.5. The summed E-state index contributed by atoms with van der Waals surface area (Å²) in [5.41, 5.74) is 5.94. The third kappa shape index (κ3) is 5.09. The number of hydrogen-bond acceptors (Lipinski definition) is 4. The summed E-state index contributed by atoms with van der Waals surface area (Å²) in [6.07, 6.45) is 2.15. The molecule has 0 aliphatic rings. The smallest absolute Gasteiger partial charge is 0.121 e. The quantitative estimate of drug-likeness (QED) is 0.707. The van der Waals surface area contributed by atoms with E-state index in [0.29, 0.717) is 26.0 Å². The zero-order valence-electron chi connectivity index (χ0n) is 12.2. The molecule has 0 radical (unpaired) electrons. The molecule has 0 saturated heterocycles. The molecule has 0 saturated carbocycles. The molecule has 0 aliphatic carbocycles. The van der Waals surface area contributed by atoms with Gasteiger partial charge in [0.25, 0.3) is 0 Å². The Hall–Kier alpha value is -1.26. The van der Waals surface area contributed by atoms with Crippen molar-refractivity contribution >= 4 is 5.69 Å². The molecule has 0 spiro atoms. The van der Waals surface area contributed by atoms with Crippen molar-refractivity contribution in [3.05, 3.63) is 24.3 Å². The Morgan fingerprint density at radius 3 is 2.68 bits per heavy atom. The summed E-state index contributed by atoms with van der Waals surface area (Å²) in [6, 6.07) is 7.97. The van der Waals surface area contributed by atoms with E-state index in [1.807, 2.05) is 50.2 Å². The Labute approximate surface area is 116 Å². The number of hydrogen-bond donors (Lipinski definition) is 2. The summed E-state index contributed by atoms with van der Waals surface area (Å²) in [7, 11) is 4.00. The maximum absolute atomic E-state index is 10.1. The van der Waals surface area contributed by atoms with Gasteiger partial charge < -0.3 is 20.5 Å². The van der Waals surface area contributed by atoms with Gasteiger partial charge in [0.15, 0.2) is 0 Å². The van der Waals surface area contributed by atoms with Gasteiger partial charge in [-0.05, 0) is 31.4 Å². The largest absolute Gasteiger partial charge is 0.494 e. The summed E-state index contributed by atoms with van der Waals surface area (Å²) in [6.45, 7) is 2.85. The van der Waals surface area contributed by atoms with E-state index in [0.717, 1.165) is 17.9 Å². The molecule has 1 aromatic carbocycles. The summed E-state index contributed by atoms with van der Waals surface area (Å²) >= 11 is 0. The molecular weight excluding hydrogens is 240 g/mol. The van der Waals surface area contributed by atoms with Crippen molar-refractivity contribution in [2.24, 2.45) is 5.73 Å². The Balaban J connectivity index is 2.39. The molecule has 0 aromatic heterocycles. The average Bonchev–Trinajstić information content (AvgIpc) is 2.43. The van der Waals surface area contributed by atoms with Gasteiger partial charge in [0.2, 0.25) is 0 Å². The highest BCUT2D eigenvalue weighted by molar-refractivity contribution is 5.49. The molecule has 3 N–H and O–H groups in total. The molecule has 0 aliphatic heterocycles. The number of nitrogens with zero attached hydrogens (tertiary/aromatic N) is 1. The Kier molecular flexibility index (Phi) is 6.12. The summed E-state index contributed by atoms with van der Waals surface area (Å²) < 4.78 is 5.70. The monoisotopic (exact) mass is 266 g/mol. The van der Waals surface area contributed by atoms with E-state index in [4.69, 9.17) is 10.5 Å². The van der Waals surface area contributed by atoms with Gasteiger partial charge in [0, 0.05) is 32.4 Å². The van der Waals surface area contributed by atoms with Crippen molar-refractivity contribution < 1.29 is 9.84 Å². The zero-order valence-corrected chi connectivity index (χ0v) is 12.2. The summed E-state index contributed by atoms with van der Waals surface area (Å²) in [4.78, 5) is 2.04. The number of rotatable bonds is 8. The van der Waals surface area contributed by atoms with Crippen LogP contribution < -0.4 is 15.4 Å². The number of anilines is 1. The zero-order chi connectivity index (χ0) is 14.3. The molecule has 1 unspecified atom stereocenters. The van der Waals surface area contributed by atoms with E-state index in [-0.39, 0.29) is 0 Å². The lowest BCUT2D eigenvalue weighted by atomic mass is 9.95. The fourth-order valence-corrected chi connectivity index (χ4v) is 1.87. The standard InChI is InChI=1S/C15H26N2O2/c1-4-15(18,12-16)9-6-10-19-14-8-5-7-13(11-14)17(2)3/h5,7-8,11,18H,4,6,9-10,12,16H2,1-3H3. The van der Waals surface area contributed by atoms with Crippen molar-refractivity contribution in [1.29, 1.82) is 0 Å². The first-order valence-corrected chi connectivity index (χ1v) is 6.83. The lowest BCUT2D eigenvalue weighted by molar-refractivity contribution is 0.0309. The van der Waals surface area contributed by atoms with Gasteiger partial charge in [-0.1, -0.05) is 13.0 Å². The van der Waals surface area contributed by atoms with Crippen LogP contribution in [0.5, 0.6) is 5.75 Å². The number of benzene rings is 1. The molecule has 0 amide bonds. The number of aliphatic hydroxyl groups is 1. The number of ether oxygens (including phenoxy) is 1.